The molecule has 3 aliphatic rings. The molecular formula is C26H34O3. The van der Waals surface area contributed by atoms with E-state index < -0.39 is 5.41 Å². The van der Waals surface area contributed by atoms with E-state index in [1.807, 2.05) is 0 Å². The summed E-state index contributed by atoms with van der Waals surface area (Å²) in [6.07, 6.45) is 11.3. The molecule has 1 unspecified atom stereocenters. The van der Waals surface area contributed by atoms with Crippen molar-refractivity contribution in [3.05, 3.63) is 47.6 Å². The van der Waals surface area contributed by atoms with Crippen molar-refractivity contribution in [3.8, 4) is 11.5 Å². The molecular weight excluding hydrogens is 360 g/mol. The average Bonchev–Trinajstić information content (AvgIpc) is 2.67. The van der Waals surface area contributed by atoms with Gasteiger partial charge in [0.25, 0.3) is 0 Å². The van der Waals surface area contributed by atoms with Crippen LogP contribution >= 0.6 is 0 Å². The van der Waals surface area contributed by atoms with Crippen molar-refractivity contribution in [1.29, 1.82) is 0 Å². The summed E-state index contributed by atoms with van der Waals surface area (Å²) in [5.74, 6) is 1.83. The summed E-state index contributed by atoms with van der Waals surface area (Å²) in [5.41, 5.74) is 2.71. The molecule has 1 fully saturated rings. The number of benzene rings is 1. The highest BCUT2D eigenvalue weighted by Gasteiger charge is 2.57. The fraction of sp³-hybridized carbons (Fsp3) is 0.577. The summed E-state index contributed by atoms with van der Waals surface area (Å²) in [6, 6.07) is 6.55. The molecule has 0 amide bonds. The molecule has 156 valence electrons. The quantitative estimate of drug-likeness (QED) is 0.474. The normalized spacial score (nSPS) is 34.0. The molecule has 3 aliphatic carbocycles. The zero-order valence-electron chi connectivity index (χ0n) is 18.2. The molecule has 0 radical (unpaired) electrons. The van der Waals surface area contributed by atoms with Crippen LogP contribution < -0.4 is 4.74 Å². The lowest BCUT2D eigenvalue weighted by atomic mass is 9.47. The van der Waals surface area contributed by atoms with Gasteiger partial charge in [0.15, 0.2) is 0 Å². The fourth-order valence-electron chi connectivity index (χ4n) is 6.36. The van der Waals surface area contributed by atoms with Crippen LogP contribution in [-0.2, 0) is 4.79 Å². The Morgan fingerprint density at radius 2 is 2.03 bits per heavy atom. The minimum atomic E-state index is -0.497. The first kappa shape index (κ1) is 20.3. The number of allylic oxidation sites excluding steroid dienone is 4. The van der Waals surface area contributed by atoms with Crippen molar-refractivity contribution in [3.63, 3.8) is 0 Å². The Hall–Kier alpha value is -2.03. The first-order chi connectivity index (χ1) is 13.7. The van der Waals surface area contributed by atoms with Gasteiger partial charge in [-0.3, -0.25) is 4.79 Å². The zero-order chi connectivity index (χ0) is 20.8. The monoisotopic (exact) mass is 394 g/mol. The third-order valence-electron chi connectivity index (χ3n) is 8.07. The lowest BCUT2D eigenvalue weighted by Gasteiger charge is -2.57. The van der Waals surface area contributed by atoms with E-state index in [1.54, 1.807) is 23.8 Å². The van der Waals surface area contributed by atoms with Gasteiger partial charge in [-0.2, -0.15) is 0 Å². The first-order valence-electron chi connectivity index (χ1n) is 11.2. The smallest absolute Gasteiger partial charge is 0.317 e. The highest BCUT2D eigenvalue weighted by atomic mass is 16.5. The van der Waals surface area contributed by atoms with E-state index in [-0.39, 0.29) is 23.1 Å². The molecule has 1 saturated carbocycles. The van der Waals surface area contributed by atoms with Crippen molar-refractivity contribution in [2.24, 2.45) is 28.6 Å². The Labute approximate surface area is 174 Å². The highest BCUT2D eigenvalue weighted by Crippen LogP contribution is 2.62. The van der Waals surface area contributed by atoms with Gasteiger partial charge in [-0.25, -0.2) is 0 Å². The Morgan fingerprint density at radius 1 is 1.24 bits per heavy atom. The maximum Gasteiger partial charge on any atom is 0.317 e. The average molecular weight is 395 g/mol. The molecule has 0 bridgehead atoms. The number of hydrogen-bond acceptors (Lipinski definition) is 3. The van der Waals surface area contributed by atoms with E-state index in [4.69, 9.17) is 4.74 Å². The van der Waals surface area contributed by atoms with Crippen LogP contribution in [0.4, 0.5) is 0 Å². The molecule has 3 nitrogen and oxygen atoms in total. The molecule has 0 heterocycles. The minimum Gasteiger partial charge on any atom is -0.508 e. The third kappa shape index (κ3) is 3.43. The van der Waals surface area contributed by atoms with Gasteiger partial charge in [0.2, 0.25) is 0 Å². The SMILES string of the molecule is CC(C)C1=CC2=CCC3[C@](C)(CCC[C@]3(C)C(=O)Oc3cccc(O)c3)[C@@H]2CC1. The van der Waals surface area contributed by atoms with Gasteiger partial charge < -0.3 is 9.84 Å². The van der Waals surface area contributed by atoms with E-state index in [0.29, 0.717) is 17.6 Å². The third-order valence-corrected chi connectivity index (χ3v) is 8.07. The van der Waals surface area contributed by atoms with Crippen molar-refractivity contribution in [2.45, 2.75) is 66.2 Å². The number of carbonyl (C=O) groups is 1. The standard InChI is InChI=1S/C26H34O3/c1-17(2)18-9-11-22-19(15-18)10-12-23-25(22,3)13-6-14-26(23,4)24(28)29-21-8-5-7-20(27)16-21/h5,7-8,10,15-17,22-23,27H,6,9,11-14H2,1-4H3/t22-,23?,25-,26+/m1/s1. The topological polar surface area (TPSA) is 46.5 Å². The van der Waals surface area contributed by atoms with Crippen molar-refractivity contribution >= 4 is 5.97 Å². The van der Waals surface area contributed by atoms with E-state index >= 15 is 0 Å². The lowest BCUT2D eigenvalue weighted by molar-refractivity contribution is -0.159. The number of hydrogen-bond donors (Lipinski definition) is 1. The molecule has 0 saturated heterocycles. The van der Waals surface area contributed by atoms with Crippen LogP contribution in [-0.4, -0.2) is 11.1 Å². The summed E-state index contributed by atoms with van der Waals surface area (Å²) in [4.78, 5) is 13.4. The molecule has 4 rings (SSSR count). The van der Waals surface area contributed by atoms with Crippen LogP contribution in [0.3, 0.4) is 0 Å². The number of carbonyl (C=O) groups excluding carboxylic acids is 1. The van der Waals surface area contributed by atoms with Gasteiger partial charge in [0.05, 0.1) is 5.41 Å². The van der Waals surface area contributed by atoms with Crippen LogP contribution in [0.5, 0.6) is 11.5 Å². The van der Waals surface area contributed by atoms with Crippen molar-refractivity contribution < 1.29 is 14.6 Å². The van der Waals surface area contributed by atoms with Gasteiger partial charge in [0, 0.05) is 6.07 Å². The van der Waals surface area contributed by atoms with Gasteiger partial charge >= 0.3 is 5.97 Å². The van der Waals surface area contributed by atoms with E-state index in [9.17, 15) is 9.90 Å². The number of esters is 1. The largest absolute Gasteiger partial charge is 0.508 e. The van der Waals surface area contributed by atoms with Crippen LogP contribution in [0.15, 0.2) is 47.6 Å². The highest BCUT2D eigenvalue weighted by molar-refractivity contribution is 5.79. The van der Waals surface area contributed by atoms with E-state index in [2.05, 4.69) is 39.8 Å². The molecule has 1 N–H and O–H groups in total. The predicted molar refractivity (Wildman–Crippen MR) is 116 cm³/mol. The second kappa shape index (κ2) is 7.34. The molecule has 3 heteroatoms. The molecule has 4 atom stereocenters. The molecule has 1 aromatic carbocycles. The number of fused-ring (bicyclic) bond motifs is 3. The maximum absolute atomic E-state index is 13.4. The molecule has 1 aromatic rings. The summed E-state index contributed by atoms with van der Waals surface area (Å²) in [7, 11) is 0. The van der Waals surface area contributed by atoms with Crippen molar-refractivity contribution in [2.75, 3.05) is 0 Å². The maximum atomic E-state index is 13.4. The Balaban J connectivity index is 1.63. The number of phenols is 1. The van der Waals surface area contributed by atoms with E-state index in [0.717, 1.165) is 19.3 Å². The number of phenolic OH excluding ortho intramolecular Hbond substituents is 1. The van der Waals surface area contributed by atoms with Crippen LogP contribution in [0, 0.1) is 28.6 Å². The molecule has 0 aromatic heterocycles. The molecule has 29 heavy (non-hydrogen) atoms. The Bertz CT molecular complexity index is 864. The second-order valence-corrected chi connectivity index (χ2v) is 10.1. The first-order valence-corrected chi connectivity index (χ1v) is 11.2. The van der Waals surface area contributed by atoms with Crippen molar-refractivity contribution in [1.82, 2.24) is 0 Å². The van der Waals surface area contributed by atoms with Crippen LogP contribution in [0.25, 0.3) is 0 Å². The predicted octanol–water partition coefficient (Wildman–Crippen LogP) is 6.43. The minimum absolute atomic E-state index is 0.120. The van der Waals surface area contributed by atoms with Crippen LogP contribution in [0.2, 0.25) is 0 Å². The Kier molecular flexibility index (Phi) is 5.13. The van der Waals surface area contributed by atoms with Gasteiger partial charge in [-0.15, -0.1) is 0 Å². The fourth-order valence-corrected chi connectivity index (χ4v) is 6.36. The summed E-state index contributed by atoms with van der Waals surface area (Å²) < 4.78 is 5.78. The number of aromatic hydroxyl groups is 1. The van der Waals surface area contributed by atoms with Gasteiger partial charge in [-0.05, 0) is 79.9 Å². The second-order valence-electron chi connectivity index (χ2n) is 10.1. The molecule has 0 aliphatic heterocycles. The molecule has 0 spiro atoms. The summed E-state index contributed by atoms with van der Waals surface area (Å²) in [5, 5.41) is 9.71. The summed E-state index contributed by atoms with van der Waals surface area (Å²) in [6.45, 7) is 9.10. The summed E-state index contributed by atoms with van der Waals surface area (Å²) >= 11 is 0. The van der Waals surface area contributed by atoms with Gasteiger partial charge in [0.1, 0.15) is 11.5 Å². The lowest BCUT2D eigenvalue weighted by Crippen LogP contribution is -2.54. The van der Waals surface area contributed by atoms with E-state index in [1.165, 1.54) is 30.9 Å². The number of ether oxygens (including phenoxy) is 1. The number of rotatable bonds is 3. The van der Waals surface area contributed by atoms with Crippen LogP contribution in [0.1, 0.15) is 66.2 Å². The zero-order valence-corrected chi connectivity index (χ0v) is 18.2. The van der Waals surface area contributed by atoms with Gasteiger partial charge in [-0.1, -0.05) is 51.0 Å². The Morgan fingerprint density at radius 3 is 2.76 bits per heavy atom.